The van der Waals surface area contributed by atoms with Gasteiger partial charge in [-0.2, -0.15) is 10.5 Å². The lowest BCUT2D eigenvalue weighted by Gasteiger charge is -2.33. The molecule has 4 aromatic rings. The van der Waals surface area contributed by atoms with Crippen LogP contribution in [0, 0.1) is 22.7 Å². The Hall–Kier alpha value is -5.60. The number of nitrogens with zero attached hydrogens (tertiary/aromatic N) is 2. The van der Waals surface area contributed by atoms with Gasteiger partial charge >= 0.3 is 0 Å². The van der Waals surface area contributed by atoms with E-state index in [1.807, 2.05) is 72.8 Å². The van der Waals surface area contributed by atoms with E-state index in [4.69, 9.17) is 20.0 Å². The van der Waals surface area contributed by atoms with Gasteiger partial charge in [-0.05, 0) is 109 Å². The Labute approximate surface area is 371 Å². The van der Waals surface area contributed by atoms with Crippen LogP contribution >= 0.6 is 0 Å². The number of amides is 2. The van der Waals surface area contributed by atoms with Crippen molar-refractivity contribution in [2.45, 2.75) is 153 Å². The standard InChI is InChI=1S/C54H68N4O4/c55-41-43-23-27-45(28-24-43)47-31-35-49(36-32-47)61-39-17-11-7-3-1-5-9-13-21-53(59)57-51-19-15-16-20-52(51)58-54(60)22-14-10-6-2-4-8-12-18-40-62-50-37-33-48(34-38-50)46-29-25-44(42-56)26-30-46/h23-38,51-52H,1-22,39-40H2,(H,57,59)(H,58,60)/t51-,52-/m1/s1. The molecular weight excluding hydrogens is 769 g/mol. The molecule has 1 aliphatic rings. The predicted octanol–water partition coefficient (Wildman–Crippen LogP) is 12.8. The number of ether oxygens (including phenoxy) is 2. The summed E-state index contributed by atoms with van der Waals surface area (Å²) in [5.41, 5.74) is 5.73. The van der Waals surface area contributed by atoms with Crippen molar-refractivity contribution >= 4 is 11.8 Å². The van der Waals surface area contributed by atoms with Crippen LogP contribution < -0.4 is 20.1 Å². The highest BCUT2D eigenvalue weighted by molar-refractivity contribution is 5.78. The summed E-state index contributed by atoms with van der Waals surface area (Å²) < 4.78 is 11.9. The molecule has 1 saturated carbocycles. The Balaban J connectivity index is 0.797. The first-order valence-electron chi connectivity index (χ1n) is 23.6. The normalized spacial score (nSPS) is 14.6. The molecule has 0 bridgehead atoms. The second-order valence-electron chi connectivity index (χ2n) is 16.9. The molecule has 0 aromatic heterocycles. The fourth-order valence-corrected chi connectivity index (χ4v) is 8.27. The molecule has 1 aliphatic carbocycles. The van der Waals surface area contributed by atoms with E-state index in [1.54, 1.807) is 0 Å². The Morgan fingerprint density at radius 3 is 1.05 bits per heavy atom. The van der Waals surface area contributed by atoms with Crippen molar-refractivity contribution in [1.29, 1.82) is 10.5 Å². The average Bonchev–Trinajstić information content (AvgIpc) is 3.31. The van der Waals surface area contributed by atoms with Crippen molar-refractivity contribution in [3.63, 3.8) is 0 Å². The van der Waals surface area contributed by atoms with Gasteiger partial charge in [-0.1, -0.05) is 138 Å². The van der Waals surface area contributed by atoms with E-state index < -0.39 is 0 Å². The second-order valence-corrected chi connectivity index (χ2v) is 16.9. The molecule has 5 rings (SSSR count). The summed E-state index contributed by atoms with van der Waals surface area (Å²) in [5.74, 6) is 2.02. The van der Waals surface area contributed by atoms with Crippen LogP contribution in [-0.4, -0.2) is 37.1 Å². The van der Waals surface area contributed by atoms with Gasteiger partial charge in [-0.15, -0.1) is 0 Å². The maximum absolute atomic E-state index is 12.8. The molecular formula is C54H68N4O4. The largest absolute Gasteiger partial charge is 0.494 e. The molecule has 328 valence electrons. The summed E-state index contributed by atoms with van der Waals surface area (Å²) in [7, 11) is 0. The summed E-state index contributed by atoms with van der Waals surface area (Å²) in [4.78, 5) is 25.6. The third kappa shape index (κ3) is 17.8. The van der Waals surface area contributed by atoms with Crippen molar-refractivity contribution < 1.29 is 19.1 Å². The van der Waals surface area contributed by atoms with Crippen LogP contribution in [0.25, 0.3) is 22.3 Å². The first-order chi connectivity index (χ1) is 30.5. The summed E-state index contributed by atoms with van der Waals surface area (Å²) in [6.45, 7) is 1.44. The number of hydrogen-bond acceptors (Lipinski definition) is 6. The lowest BCUT2D eigenvalue weighted by Crippen LogP contribution is -2.53. The Bertz CT molecular complexity index is 1820. The zero-order valence-corrected chi connectivity index (χ0v) is 36.9. The highest BCUT2D eigenvalue weighted by Crippen LogP contribution is 2.25. The minimum Gasteiger partial charge on any atom is -0.494 e. The molecule has 2 N–H and O–H groups in total. The molecule has 0 aliphatic heterocycles. The van der Waals surface area contributed by atoms with Crippen molar-refractivity contribution in [3.05, 3.63) is 108 Å². The molecule has 0 unspecified atom stereocenters. The van der Waals surface area contributed by atoms with Gasteiger partial charge in [0.2, 0.25) is 11.8 Å². The van der Waals surface area contributed by atoms with E-state index in [0.717, 1.165) is 137 Å². The highest BCUT2D eigenvalue weighted by Gasteiger charge is 2.27. The molecule has 8 nitrogen and oxygen atoms in total. The Morgan fingerprint density at radius 2 is 0.726 bits per heavy atom. The average molecular weight is 837 g/mol. The maximum atomic E-state index is 12.8. The lowest BCUT2D eigenvalue weighted by atomic mass is 9.90. The van der Waals surface area contributed by atoms with Gasteiger partial charge < -0.3 is 20.1 Å². The third-order valence-corrected chi connectivity index (χ3v) is 12.0. The zero-order valence-electron chi connectivity index (χ0n) is 36.9. The summed E-state index contributed by atoms with van der Waals surface area (Å²) in [6.07, 6.45) is 23.2. The van der Waals surface area contributed by atoms with Crippen LogP contribution in [-0.2, 0) is 9.59 Å². The molecule has 2 atom stereocenters. The quantitative estimate of drug-likeness (QED) is 0.0549. The minimum atomic E-state index is 0.0449. The number of benzene rings is 4. The topological polar surface area (TPSA) is 124 Å². The third-order valence-electron chi connectivity index (χ3n) is 12.0. The van der Waals surface area contributed by atoms with E-state index in [1.165, 1.54) is 38.5 Å². The number of nitriles is 2. The van der Waals surface area contributed by atoms with Gasteiger partial charge in [0, 0.05) is 24.9 Å². The number of rotatable bonds is 28. The number of nitrogens with one attached hydrogen (secondary N) is 2. The van der Waals surface area contributed by atoms with Gasteiger partial charge in [-0.3, -0.25) is 9.59 Å². The van der Waals surface area contributed by atoms with Gasteiger partial charge in [0.1, 0.15) is 11.5 Å². The van der Waals surface area contributed by atoms with Crippen molar-refractivity contribution in [2.75, 3.05) is 13.2 Å². The predicted molar refractivity (Wildman–Crippen MR) is 250 cm³/mol. The number of carbonyl (C=O) groups excluding carboxylic acids is 2. The molecule has 4 aromatic carbocycles. The van der Waals surface area contributed by atoms with Crippen LogP contribution in [0.5, 0.6) is 11.5 Å². The Morgan fingerprint density at radius 1 is 0.435 bits per heavy atom. The van der Waals surface area contributed by atoms with E-state index in [-0.39, 0.29) is 23.9 Å². The Kier molecular flexibility index (Phi) is 21.5. The molecule has 0 heterocycles. The van der Waals surface area contributed by atoms with E-state index in [2.05, 4.69) is 47.0 Å². The van der Waals surface area contributed by atoms with Crippen LogP contribution in [0.3, 0.4) is 0 Å². The van der Waals surface area contributed by atoms with Gasteiger partial charge in [0.25, 0.3) is 0 Å². The molecule has 2 amide bonds. The summed E-state index contributed by atoms with van der Waals surface area (Å²) >= 11 is 0. The van der Waals surface area contributed by atoms with Gasteiger partial charge in [0.15, 0.2) is 0 Å². The molecule has 0 spiro atoms. The first-order valence-corrected chi connectivity index (χ1v) is 23.6. The fraction of sp³-hybridized carbons (Fsp3) is 0.481. The molecule has 8 heteroatoms. The smallest absolute Gasteiger partial charge is 0.220 e. The monoisotopic (exact) mass is 837 g/mol. The first kappa shape index (κ1) is 47.4. The van der Waals surface area contributed by atoms with Crippen LogP contribution in [0.1, 0.15) is 152 Å². The maximum Gasteiger partial charge on any atom is 0.220 e. The summed E-state index contributed by atoms with van der Waals surface area (Å²) in [5, 5.41) is 24.5. The van der Waals surface area contributed by atoms with Crippen molar-refractivity contribution in [1.82, 2.24) is 10.6 Å². The molecule has 0 radical (unpaired) electrons. The number of unbranched alkanes of at least 4 members (excludes halogenated alkanes) is 14. The minimum absolute atomic E-state index is 0.0449. The van der Waals surface area contributed by atoms with Gasteiger partial charge in [-0.25, -0.2) is 0 Å². The van der Waals surface area contributed by atoms with Crippen LogP contribution in [0.2, 0.25) is 0 Å². The van der Waals surface area contributed by atoms with Crippen molar-refractivity contribution in [3.8, 4) is 45.9 Å². The fourth-order valence-electron chi connectivity index (χ4n) is 8.27. The SMILES string of the molecule is N#Cc1ccc(-c2ccc(OCCCCCCCCCCC(=O)N[C@@H]3CCCC[C@H]3NC(=O)CCCCCCCCCCOc3ccc(-c4ccc(C#N)cc4)cc3)cc2)cc1. The second kappa shape index (κ2) is 28.1. The lowest BCUT2D eigenvalue weighted by molar-refractivity contribution is -0.125. The van der Waals surface area contributed by atoms with Gasteiger partial charge in [0.05, 0.1) is 36.5 Å². The number of hydrogen-bond donors (Lipinski definition) is 2. The number of carbonyl (C=O) groups is 2. The van der Waals surface area contributed by atoms with Crippen molar-refractivity contribution in [2.24, 2.45) is 0 Å². The molecule has 0 saturated heterocycles. The van der Waals surface area contributed by atoms with Crippen LogP contribution in [0.15, 0.2) is 97.1 Å². The van der Waals surface area contributed by atoms with Crippen LogP contribution in [0.4, 0.5) is 0 Å². The van der Waals surface area contributed by atoms with E-state index in [9.17, 15) is 9.59 Å². The highest BCUT2D eigenvalue weighted by atomic mass is 16.5. The van der Waals surface area contributed by atoms with E-state index in [0.29, 0.717) is 24.0 Å². The molecule has 62 heavy (non-hydrogen) atoms. The molecule has 1 fully saturated rings. The van der Waals surface area contributed by atoms with E-state index >= 15 is 0 Å². The summed E-state index contributed by atoms with van der Waals surface area (Å²) in [6, 6.07) is 35.9. The zero-order chi connectivity index (χ0) is 43.5.